The van der Waals surface area contributed by atoms with Gasteiger partial charge >= 0.3 is 0 Å². The summed E-state index contributed by atoms with van der Waals surface area (Å²) in [7, 11) is 1.65. The van der Waals surface area contributed by atoms with Crippen LogP contribution < -0.4 is 10.1 Å². The average molecular weight is 338 g/mol. The Morgan fingerprint density at radius 2 is 1.88 bits per heavy atom. The second-order valence-electron chi connectivity index (χ2n) is 5.98. The van der Waals surface area contributed by atoms with E-state index in [1.165, 1.54) is 5.56 Å². The van der Waals surface area contributed by atoms with Crippen molar-refractivity contribution in [1.82, 2.24) is 10.3 Å². The summed E-state index contributed by atoms with van der Waals surface area (Å²) in [5.74, 6) is 1.56. The summed E-state index contributed by atoms with van der Waals surface area (Å²) in [6.45, 7) is 2.46. The predicted octanol–water partition coefficient (Wildman–Crippen LogP) is 3.44. The van der Waals surface area contributed by atoms with Gasteiger partial charge in [0, 0.05) is 19.9 Å². The maximum Gasteiger partial charge on any atom is 0.220 e. The highest BCUT2D eigenvalue weighted by Gasteiger charge is 2.06. The van der Waals surface area contributed by atoms with Gasteiger partial charge in [-0.2, -0.15) is 0 Å². The Balaban J connectivity index is 1.43. The first-order valence-electron chi connectivity index (χ1n) is 8.40. The van der Waals surface area contributed by atoms with Crippen molar-refractivity contribution < 1.29 is 13.9 Å². The third-order valence-corrected chi connectivity index (χ3v) is 4.09. The maximum absolute atomic E-state index is 12.0. The van der Waals surface area contributed by atoms with Gasteiger partial charge in [0.2, 0.25) is 5.91 Å². The lowest BCUT2D eigenvalue weighted by Crippen LogP contribution is -2.25. The van der Waals surface area contributed by atoms with Crippen LogP contribution in [0.5, 0.6) is 5.75 Å². The summed E-state index contributed by atoms with van der Waals surface area (Å²) in [4.78, 5) is 16.3. The van der Waals surface area contributed by atoms with Gasteiger partial charge in [-0.25, -0.2) is 4.98 Å². The topological polar surface area (TPSA) is 64.4 Å². The number of hydrogen-bond acceptors (Lipinski definition) is 4. The molecule has 0 saturated carbocycles. The number of rotatable bonds is 7. The minimum absolute atomic E-state index is 0.0601. The molecule has 0 aliphatic heterocycles. The minimum Gasteiger partial charge on any atom is -0.497 e. The number of ether oxygens (including phenoxy) is 1. The minimum atomic E-state index is 0.0601. The molecule has 25 heavy (non-hydrogen) atoms. The molecule has 0 bridgehead atoms. The van der Waals surface area contributed by atoms with Gasteiger partial charge in [-0.3, -0.25) is 4.79 Å². The molecule has 0 atom stereocenters. The first kappa shape index (κ1) is 17.0. The molecule has 0 aliphatic carbocycles. The van der Waals surface area contributed by atoms with E-state index >= 15 is 0 Å². The fraction of sp³-hybridized carbons (Fsp3) is 0.300. The summed E-state index contributed by atoms with van der Waals surface area (Å²) in [6, 6.07) is 13.8. The molecule has 0 saturated heterocycles. The summed E-state index contributed by atoms with van der Waals surface area (Å²) in [5.41, 5.74) is 3.89. The highest BCUT2D eigenvalue weighted by Crippen LogP contribution is 2.17. The lowest BCUT2D eigenvalue weighted by molar-refractivity contribution is -0.121. The largest absolute Gasteiger partial charge is 0.497 e. The van der Waals surface area contributed by atoms with Gasteiger partial charge in [0.15, 0.2) is 11.5 Å². The fourth-order valence-corrected chi connectivity index (χ4v) is 2.73. The van der Waals surface area contributed by atoms with Gasteiger partial charge < -0.3 is 14.5 Å². The third-order valence-electron chi connectivity index (χ3n) is 4.09. The molecule has 2 aromatic carbocycles. The van der Waals surface area contributed by atoms with Crippen LogP contribution in [-0.2, 0) is 17.6 Å². The van der Waals surface area contributed by atoms with Crippen LogP contribution in [0.3, 0.4) is 0 Å². The molecule has 1 aromatic heterocycles. The summed E-state index contributed by atoms with van der Waals surface area (Å²) in [6.07, 6.45) is 1.96. The second-order valence-corrected chi connectivity index (χ2v) is 5.98. The van der Waals surface area contributed by atoms with E-state index in [0.717, 1.165) is 28.8 Å². The number of hydrogen-bond donors (Lipinski definition) is 1. The molecule has 3 aromatic rings. The molecule has 1 heterocycles. The Labute approximate surface area is 147 Å². The van der Waals surface area contributed by atoms with Crippen LogP contribution in [0.4, 0.5) is 0 Å². The molecule has 0 spiro atoms. The lowest BCUT2D eigenvalue weighted by Gasteiger charge is -2.06. The van der Waals surface area contributed by atoms with E-state index < -0.39 is 0 Å². The standard InChI is InChI=1S/C20H22N2O3/c1-14-22-18-13-16(5-9-19(18)25-14)6-10-20(23)21-12-11-15-3-7-17(24-2)8-4-15/h3-5,7-9,13H,6,10-12H2,1-2H3,(H,21,23). The van der Waals surface area contributed by atoms with E-state index in [0.29, 0.717) is 25.3 Å². The van der Waals surface area contributed by atoms with Crippen LogP contribution in [-0.4, -0.2) is 24.5 Å². The normalized spacial score (nSPS) is 10.8. The van der Waals surface area contributed by atoms with Gasteiger partial charge in [0.1, 0.15) is 11.3 Å². The number of carbonyl (C=O) groups is 1. The Morgan fingerprint density at radius 3 is 2.64 bits per heavy atom. The SMILES string of the molecule is COc1ccc(CCNC(=O)CCc2ccc3oc(C)nc3c2)cc1. The van der Waals surface area contributed by atoms with Crippen LogP contribution in [0, 0.1) is 6.92 Å². The van der Waals surface area contributed by atoms with Crippen molar-refractivity contribution in [2.45, 2.75) is 26.2 Å². The van der Waals surface area contributed by atoms with Crippen LogP contribution >= 0.6 is 0 Å². The monoisotopic (exact) mass is 338 g/mol. The van der Waals surface area contributed by atoms with Crippen molar-refractivity contribution in [1.29, 1.82) is 0 Å². The number of methoxy groups -OCH3 is 1. The molecular weight excluding hydrogens is 316 g/mol. The molecule has 5 heteroatoms. The number of aryl methyl sites for hydroxylation is 2. The van der Waals surface area contributed by atoms with Crippen LogP contribution in [0.25, 0.3) is 11.1 Å². The molecule has 5 nitrogen and oxygen atoms in total. The smallest absolute Gasteiger partial charge is 0.220 e. The number of aromatic nitrogens is 1. The van der Waals surface area contributed by atoms with Crippen molar-refractivity contribution in [3.05, 3.63) is 59.5 Å². The Bertz CT molecular complexity index is 853. The number of carbonyl (C=O) groups excluding carboxylic acids is 1. The van der Waals surface area contributed by atoms with Crippen molar-refractivity contribution in [3.8, 4) is 5.75 Å². The molecular formula is C20H22N2O3. The number of nitrogens with one attached hydrogen (secondary N) is 1. The zero-order valence-electron chi connectivity index (χ0n) is 14.5. The van der Waals surface area contributed by atoms with Gasteiger partial charge in [0.25, 0.3) is 0 Å². The van der Waals surface area contributed by atoms with E-state index in [4.69, 9.17) is 9.15 Å². The van der Waals surface area contributed by atoms with E-state index in [1.807, 2.05) is 49.4 Å². The quantitative estimate of drug-likeness (QED) is 0.717. The Kier molecular flexibility index (Phi) is 5.33. The average Bonchev–Trinajstić information content (AvgIpc) is 3.00. The second kappa shape index (κ2) is 7.83. The summed E-state index contributed by atoms with van der Waals surface area (Å²) < 4.78 is 10.6. The van der Waals surface area contributed by atoms with Crippen molar-refractivity contribution >= 4 is 17.0 Å². The molecule has 3 rings (SSSR count). The number of nitrogens with zero attached hydrogens (tertiary/aromatic N) is 1. The number of fused-ring (bicyclic) bond motifs is 1. The first-order chi connectivity index (χ1) is 12.1. The van der Waals surface area contributed by atoms with Crippen LogP contribution in [0.2, 0.25) is 0 Å². The molecule has 1 N–H and O–H groups in total. The van der Waals surface area contributed by atoms with Crippen molar-refractivity contribution in [2.24, 2.45) is 0 Å². The van der Waals surface area contributed by atoms with Crippen LogP contribution in [0.15, 0.2) is 46.9 Å². The predicted molar refractivity (Wildman–Crippen MR) is 96.8 cm³/mol. The number of benzene rings is 2. The van der Waals surface area contributed by atoms with Gasteiger partial charge in [0.05, 0.1) is 7.11 Å². The summed E-state index contributed by atoms with van der Waals surface area (Å²) in [5, 5.41) is 2.97. The fourth-order valence-electron chi connectivity index (χ4n) is 2.73. The molecule has 130 valence electrons. The Hall–Kier alpha value is -2.82. The lowest BCUT2D eigenvalue weighted by atomic mass is 10.1. The molecule has 0 unspecified atom stereocenters. The first-order valence-corrected chi connectivity index (χ1v) is 8.40. The van der Waals surface area contributed by atoms with Crippen LogP contribution in [0.1, 0.15) is 23.4 Å². The third kappa shape index (κ3) is 4.59. The van der Waals surface area contributed by atoms with Crippen molar-refractivity contribution in [2.75, 3.05) is 13.7 Å². The van der Waals surface area contributed by atoms with E-state index in [2.05, 4.69) is 10.3 Å². The molecule has 0 fully saturated rings. The number of amides is 1. The van der Waals surface area contributed by atoms with Gasteiger partial charge in [-0.1, -0.05) is 18.2 Å². The Morgan fingerprint density at radius 1 is 1.12 bits per heavy atom. The maximum atomic E-state index is 12.0. The molecule has 0 radical (unpaired) electrons. The highest BCUT2D eigenvalue weighted by atomic mass is 16.5. The molecule has 0 aliphatic rings. The van der Waals surface area contributed by atoms with E-state index in [-0.39, 0.29) is 5.91 Å². The van der Waals surface area contributed by atoms with E-state index in [9.17, 15) is 4.79 Å². The zero-order valence-corrected chi connectivity index (χ0v) is 14.5. The van der Waals surface area contributed by atoms with Gasteiger partial charge in [-0.05, 0) is 48.2 Å². The zero-order chi connectivity index (χ0) is 17.6. The summed E-state index contributed by atoms with van der Waals surface area (Å²) >= 11 is 0. The molecule has 1 amide bonds. The van der Waals surface area contributed by atoms with Gasteiger partial charge in [-0.15, -0.1) is 0 Å². The number of oxazole rings is 1. The van der Waals surface area contributed by atoms with E-state index in [1.54, 1.807) is 7.11 Å². The van der Waals surface area contributed by atoms with Crippen molar-refractivity contribution in [3.63, 3.8) is 0 Å². The highest BCUT2D eigenvalue weighted by molar-refractivity contribution is 5.77.